The molecule has 1 unspecified atom stereocenters. The van der Waals surface area contributed by atoms with E-state index in [4.69, 9.17) is 16.6 Å². The Hall–Kier alpha value is -1.63. The van der Waals surface area contributed by atoms with E-state index < -0.39 is 0 Å². The number of likely N-dealkylation sites (tertiary alicyclic amines) is 1. The number of aromatic nitrogens is 3. The molecule has 152 valence electrons. The van der Waals surface area contributed by atoms with Gasteiger partial charge >= 0.3 is 0 Å². The van der Waals surface area contributed by atoms with Gasteiger partial charge in [-0.2, -0.15) is 9.61 Å². The third-order valence-corrected chi connectivity index (χ3v) is 7.18. The lowest BCUT2D eigenvalue weighted by molar-refractivity contribution is 0.0802. The minimum Gasteiger partial charge on any atom is -0.370 e. The molecule has 2 aliphatic rings. The maximum absolute atomic E-state index is 6.44. The predicted molar refractivity (Wildman–Crippen MR) is 122 cm³/mol. The van der Waals surface area contributed by atoms with Crippen molar-refractivity contribution in [1.29, 1.82) is 0 Å². The molecule has 0 bridgehead atoms. The Morgan fingerprint density at radius 3 is 2.83 bits per heavy atom. The van der Waals surface area contributed by atoms with E-state index in [2.05, 4.69) is 37.3 Å². The van der Waals surface area contributed by atoms with Gasteiger partial charge in [0.05, 0.1) is 16.4 Å². The minimum atomic E-state index is 0.662. The summed E-state index contributed by atoms with van der Waals surface area (Å²) in [6.07, 6.45) is 8.54. The topological polar surface area (TPSA) is 45.5 Å². The normalized spacial score (nSPS) is 20.7. The van der Waals surface area contributed by atoms with Gasteiger partial charge in [-0.15, -0.1) is 0 Å². The number of rotatable bonds is 5. The summed E-state index contributed by atoms with van der Waals surface area (Å²) in [6, 6.07) is 10.7. The van der Waals surface area contributed by atoms with Crippen molar-refractivity contribution in [1.82, 2.24) is 19.5 Å². The fourth-order valence-electron chi connectivity index (χ4n) is 4.47. The Morgan fingerprint density at radius 1 is 1.17 bits per heavy atom. The molecule has 1 aromatic carbocycles. The summed E-state index contributed by atoms with van der Waals surface area (Å²) in [5.41, 5.74) is 2.58. The number of halogens is 2. The van der Waals surface area contributed by atoms with Crippen molar-refractivity contribution in [2.45, 2.75) is 38.1 Å². The van der Waals surface area contributed by atoms with E-state index >= 15 is 0 Å². The highest BCUT2D eigenvalue weighted by atomic mass is 79.9. The number of fused-ring (bicyclic) bond motifs is 1. The molecule has 1 aliphatic heterocycles. The molecule has 7 heteroatoms. The number of nitrogens with zero attached hydrogens (tertiary/aromatic N) is 4. The molecule has 0 spiro atoms. The van der Waals surface area contributed by atoms with Crippen molar-refractivity contribution < 1.29 is 0 Å². The van der Waals surface area contributed by atoms with Gasteiger partial charge in [0, 0.05) is 35.8 Å². The van der Waals surface area contributed by atoms with Gasteiger partial charge in [0.1, 0.15) is 5.82 Å². The summed E-state index contributed by atoms with van der Waals surface area (Å²) in [5, 5.41) is 8.87. The first-order valence-electron chi connectivity index (χ1n) is 10.5. The lowest BCUT2D eigenvalue weighted by Gasteiger charge is -2.42. The first-order chi connectivity index (χ1) is 14.2. The fourth-order valence-corrected chi connectivity index (χ4v) is 5.05. The molecule has 1 N–H and O–H groups in total. The van der Waals surface area contributed by atoms with E-state index in [0.717, 1.165) is 39.8 Å². The largest absolute Gasteiger partial charge is 0.370 e. The number of piperidine rings is 1. The van der Waals surface area contributed by atoms with Crippen LogP contribution in [0.15, 0.2) is 41.0 Å². The molecule has 0 radical (unpaired) electrons. The van der Waals surface area contributed by atoms with E-state index in [9.17, 15) is 0 Å². The van der Waals surface area contributed by atoms with Crippen LogP contribution in [0.2, 0.25) is 5.02 Å². The van der Waals surface area contributed by atoms with Crippen LogP contribution in [0, 0.1) is 5.92 Å². The van der Waals surface area contributed by atoms with Gasteiger partial charge in [0.25, 0.3) is 0 Å². The van der Waals surface area contributed by atoms with Crippen LogP contribution in [0.5, 0.6) is 0 Å². The van der Waals surface area contributed by atoms with E-state index in [1.807, 2.05) is 28.8 Å². The second kappa shape index (κ2) is 8.25. The zero-order chi connectivity index (χ0) is 19.8. The van der Waals surface area contributed by atoms with Gasteiger partial charge < -0.3 is 10.2 Å². The molecule has 2 fully saturated rings. The van der Waals surface area contributed by atoms with Crippen LogP contribution in [0.3, 0.4) is 0 Å². The fraction of sp³-hybridized carbons (Fsp3) is 0.455. The van der Waals surface area contributed by atoms with E-state index in [1.165, 1.54) is 45.2 Å². The average Bonchev–Trinajstić information content (AvgIpc) is 3.07. The second-order valence-electron chi connectivity index (χ2n) is 8.20. The van der Waals surface area contributed by atoms with Crippen molar-refractivity contribution in [2.24, 2.45) is 5.92 Å². The Morgan fingerprint density at radius 2 is 2.03 bits per heavy atom. The van der Waals surface area contributed by atoms with Crippen molar-refractivity contribution in [3.05, 3.63) is 46.0 Å². The summed E-state index contributed by atoms with van der Waals surface area (Å²) in [6.45, 7) is 3.41. The lowest BCUT2D eigenvalue weighted by Crippen LogP contribution is -2.47. The number of nitrogens with one attached hydrogen (secondary N) is 1. The summed E-state index contributed by atoms with van der Waals surface area (Å²) in [4.78, 5) is 7.51. The summed E-state index contributed by atoms with van der Waals surface area (Å²) >= 11 is 10.0. The molecule has 3 aromatic rings. The molecule has 5 nitrogen and oxygen atoms in total. The highest BCUT2D eigenvalue weighted by molar-refractivity contribution is 9.10. The smallest absolute Gasteiger partial charge is 0.172 e. The molecule has 0 amide bonds. The first-order valence-corrected chi connectivity index (χ1v) is 11.6. The number of hydrogen-bond donors (Lipinski definition) is 1. The van der Waals surface area contributed by atoms with Crippen LogP contribution in [0.4, 0.5) is 5.82 Å². The van der Waals surface area contributed by atoms with E-state index in [-0.39, 0.29) is 0 Å². The Bertz CT molecular complexity index is 1020. The zero-order valence-corrected chi connectivity index (χ0v) is 18.7. The van der Waals surface area contributed by atoms with E-state index in [1.54, 1.807) is 6.20 Å². The predicted octanol–water partition coefficient (Wildman–Crippen LogP) is 5.49. The van der Waals surface area contributed by atoms with Crippen molar-refractivity contribution in [2.75, 3.05) is 25.0 Å². The third-order valence-electron chi connectivity index (χ3n) is 6.29. The quantitative estimate of drug-likeness (QED) is 0.531. The van der Waals surface area contributed by atoms with Gasteiger partial charge in [-0.3, -0.25) is 0 Å². The summed E-state index contributed by atoms with van der Waals surface area (Å²) in [5.74, 6) is 1.62. The molecule has 1 aliphatic carbocycles. The van der Waals surface area contributed by atoms with Crippen LogP contribution in [0.25, 0.3) is 16.9 Å². The van der Waals surface area contributed by atoms with Crippen LogP contribution in [-0.2, 0) is 0 Å². The van der Waals surface area contributed by atoms with Crippen LogP contribution in [-0.4, -0.2) is 45.2 Å². The standard InChI is InChI=1S/C22H25BrClN5/c23-18-13-26-29-21(11-20(27-22(18)29)17-8-1-2-9-19(17)24)25-12-15-5-4-10-28(14-15)16-6-3-7-16/h1-2,8-9,11,13,15-16,25H,3-7,10,12,14H2. The van der Waals surface area contributed by atoms with Gasteiger partial charge in [0.2, 0.25) is 0 Å². The number of anilines is 1. The number of benzene rings is 1. The molecular weight excluding hydrogens is 450 g/mol. The van der Waals surface area contributed by atoms with Gasteiger partial charge in [-0.1, -0.05) is 36.2 Å². The Kier molecular flexibility index (Phi) is 5.50. The van der Waals surface area contributed by atoms with E-state index in [0.29, 0.717) is 10.9 Å². The Balaban J connectivity index is 1.39. The molecule has 1 saturated heterocycles. The number of hydrogen-bond acceptors (Lipinski definition) is 4. The van der Waals surface area contributed by atoms with Crippen LogP contribution in [0.1, 0.15) is 32.1 Å². The maximum Gasteiger partial charge on any atom is 0.172 e. The van der Waals surface area contributed by atoms with Gasteiger partial charge in [0.15, 0.2) is 5.65 Å². The molecular formula is C22H25BrClN5. The Labute approximate surface area is 184 Å². The SMILES string of the molecule is Clc1ccccc1-c1cc(NCC2CCCN(C3CCC3)C2)n2ncc(Br)c2n1. The lowest BCUT2D eigenvalue weighted by atomic mass is 9.88. The average molecular weight is 475 g/mol. The highest BCUT2D eigenvalue weighted by Gasteiger charge is 2.29. The molecule has 2 aromatic heterocycles. The van der Waals surface area contributed by atoms with Crippen molar-refractivity contribution in [3.63, 3.8) is 0 Å². The third kappa shape index (κ3) is 3.90. The van der Waals surface area contributed by atoms with Gasteiger partial charge in [-0.05, 0) is 60.1 Å². The van der Waals surface area contributed by atoms with Crippen LogP contribution < -0.4 is 5.32 Å². The molecule has 29 heavy (non-hydrogen) atoms. The zero-order valence-electron chi connectivity index (χ0n) is 16.3. The minimum absolute atomic E-state index is 0.662. The molecule has 5 rings (SSSR count). The molecule has 1 saturated carbocycles. The summed E-state index contributed by atoms with van der Waals surface area (Å²) in [7, 11) is 0. The van der Waals surface area contributed by atoms with Crippen molar-refractivity contribution in [3.8, 4) is 11.3 Å². The maximum atomic E-state index is 6.44. The van der Waals surface area contributed by atoms with Gasteiger partial charge in [-0.25, -0.2) is 4.98 Å². The summed E-state index contributed by atoms with van der Waals surface area (Å²) < 4.78 is 2.75. The van der Waals surface area contributed by atoms with Crippen molar-refractivity contribution >= 4 is 39.0 Å². The molecule has 1 atom stereocenters. The monoisotopic (exact) mass is 473 g/mol. The second-order valence-corrected chi connectivity index (χ2v) is 9.46. The first kappa shape index (κ1) is 19.3. The molecule has 3 heterocycles. The highest BCUT2D eigenvalue weighted by Crippen LogP contribution is 2.32. The van der Waals surface area contributed by atoms with Crippen LogP contribution >= 0.6 is 27.5 Å².